The molecular weight excluding hydrogens is 368 g/mol. The van der Waals surface area contributed by atoms with Crippen LogP contribution in [-0.4, -0.2) is 71.8 Å². The molecule has 0 spiro atoms. The van der Waals surface area contributed by atoms with Crippen molar-refractivity contribution in [2.75, 3.05) is 40.3 Å². The number of benzene rings is 1. The molecule has 0 radical (unpaired) electrons. The van der Waals surface area contributed by atoms with Crippen LogP contribution in [0.2, 0.25) is 0 Å². The summed E-state index contributed by atoms with van der Waals surface area (Å²) in [6.07, 6.45) is 3.35. The minimum atomic E-state index is -0.294. The van der Waals surface area contributed by atoms with Crippen molar-refractivity contribution in [3.8, 4) is 5.75 Å². The molecule has 2 aliphatic heterocycles. The van der Waals surface area contributed by atoms with Gasteiger partial charge in [-0.05, 0) is 24.7 Å². The number of imide groups is 1. The molecule has 2 aromatic rings. The molecule has 3 heterocycles. The second kappa shape index (κ2) is 8.05. The van der Waals surface area contributed by atoms with Crippen LogP contribution in [0.25, 0.3) is 5.57 Å². The number of amides is 2. The Hall–Kier alpha value is -3.19. The summed E-state index contributed by atoms with van der Waals surface area (Å²) in [6, 6.07) is 11.0. The lowest BCUT2D eigenvalue weighted by molar-refractivity contribution is -0.138. The summed E-state index contributed by atoms with van der Waals surface area (Å²) >= 11 is 0. The highest BCUT2D eigenvalue weighted by Gasteiger charge is 2.42. The molecule has 4 rings (SSSR count). The van der Waals surface area contributed by atoms with Crippen molar-refractivity contribution in [3.05, 3.63) is 65.6 Å². The topological polar surface area (TPSA) is 66.0 Å². The molecule has 7 nitrogen and oxygen atoms in total. The summed E-state index contributed by atoms with van der Waals surface area (Å²) in [5, 5.41) is 0. The molecule has 29 heavy (non-hydrogen) atoms. The number of hydrogen-bond acceptors (Lipinski definition) is 6. The molecule has 0 N–H and O–H groups in total. The normalized spacial score (nSPS) is 18.0. The minimum absolute atomic E-state index is 0.196. The first-order chi connectivity index (χ1) is 14.1. The maximum atomic E-state index is 13.4. The molecule has 1 aromatic heterocycles. The first kappa shape index (κ1) is 19.1. The Morgan fingerprint density at radius 1 is 1.00 bits per heavy atom. The van der Waals surface area contributed by atoms with Gasteiger partial charge in [-0.25, -0.2) is 0 Å². The molecular formula is C22H24N4O3. The molecule has 150 valence electrons. The highest BCUT2D eigenvalue weighted by Crippen LogP contribution is 2.37. The molecule has 2 aliphatic rings. The molecule has 0 unspecified atom stereocenters. The molecule has 0 aliphatic carbocycles. The Morgan fingerprint density at radius 3 is 2.45 bits per heavy atom. The molecule has 1 fully saturated rings. The predicted octanol–water partition coefficient (Wildman–Crippen LogP) is 1.62. The van der Waals surface area contributed by atoms with Gasteiger partial charge in [0.1, 0.15) is 11.4 Å². The van der Waals surface area contributed by atoms with Crippen molar-refractivity contribution in [2.45, 2.75) is 6.54 Å². The Labute approximate surface area is 170 Å². The van der Waals surface area contributed by atoms with Gasteiger partial charge >= 0.3 is 0 Å². The standard InChI is InChI=1S/C22H24N4O3/c1-24-10-12-25(13-11-24)20-19(17-7-3-4-8-18(17)29-2)21(27)26(22(20)28)15-16-6-5-9-23-14-16/h3-9,14H,10-13,15H2,1-2H3. The van der Waals surface area contributed by atoms with E-state index in [0.717, 1.165) is 18.7 Å². The molecule has 1 aromatic carbocycles. The van der Waals surface area contributed by atoms with Crippen LogP contribution in [0.1, 0.15) is 11.1 Å². The van der Waals surface area contributed by atoms with E-state index in [1.54, 1.807) is 25.6 Å². The Morgan fingerprint density at radius 2 is 1.76 bits per heavy atom. The number of pyridine rings is 1. The number of aromatic nitrogens is 1. The summed E-state index contributed by atoms with van der Waals surface area (Å²) in [5.74, 6) is 0.0279. The lowest BCUT2D eigenvalue weighted by atomic mass is 10.0. The van der Waals surface area contributed by atoms with Gasteiger partial charge in [-0.3, -0.25) is 19.5 Å². The molecule has 0 atom stereocenters. The largest absolute Gasteiger partial charge is 0.496 e. The zero-order valence-corrected chi connectivity index (χ0v) is 16.7. The fraction of sp³-hybridized carbons (Fsp3) is 0.318. The first-order valence-electron chi connectivity index (χ1n) is 9.66. The summed E-state index contributed by atoms with van der Waals surface area (Å²) in [4.78, 5) is 36.5. The number of hydrogen-bond donors (Lipinski definition) is 0. The molecule has 1 saturated heterocycles. The summed E-state index contributed by atoms with van der Waals surface area (Å²) in [5.41, 5.74) is 2.35. The van der Waals surface area contributed by atoms with Crippen molar-refractivity contribution in [3.63, 3.8) is 0 Å². The second-order valence-electron chi connectivity index (χ2n) is 7.27. The van der Waals surface area contributed by atoms with Crippen LogP contribution in [0, 0.1) is 0 Å². The third-order valence-corrected chi connectivity index (χ3v) is 5.40. The van der Waals surface area contributed by atoms with Gasteiger partial charge in [0.25, 0.3) is 11.8 Å². The number of likely N-dealkylation sites (N-methyl/N-ethyl adjacent to an activating group) is 1. The number of para-hydroxylation sites is 1. The van der Waals surface area contributed by atoms with E-state index in [4.69, 9.17) is 4.74 Å². The van der Waals surface area contributed by atoms with E-state index in [1.165, 1.54) is 4.90 Å². The van der Waals surface area contributed by atoms with E-state index in [2.05, 4.69) is 16.9 Å². The Bertz CT molecular complexity index is 950. The van der Waals surface area contributed by atoms with Crippen LogP contribution in [-0.2, 0) is 16.1 Å². The van der Waals surface area contributed by atoms with Crippen LogP contribution >= 0.6 is 0 Å². The summed E-state index contributed by atoms with van der Waals surface area (Å²) < 4.78 is 5.49. The third-order valence-electron chi connectivity index (χ3n) is 5.40. The molecule has 0 bridgehead atoms. The number of rotatable bonds is 5. The molecule has 2 amide bonds. The maximum absolute atomic E-state index is 13.4. The molecule has 7 heteroatoms. The minimum Gasteiger partial charge on any atom is -0.496 e. The van der Waals surface area contributed by atoms with Crippen LogP contribution in [0.5, 0.6) is 5.75 Å². The Kier molecular flexibility index (Phi) is 5.31. The number of carbonyl (C=O) groups is 2. The lowest BCUT2D eigenvalue weighted by Crippen LogP contribution is -2.46. The van der Waals surface area contributed by atoms with Crippen molar-refractivity contribution in [1.82, 2.24) is 19.7 Å². The van der Waals surface area contributed by atoms with Crippen molar-refractivity contribution in [1.29, 1.82) is 0 Å². The van der Waals surface area contributed by atoms with Crippen LogP contribution < -0.4 is 4.74 Å². The highest BCUT2D eigenvalue weighted by atomic mass is 16.5. The number of piperazine rings is 1. The van der Waals surface area contributed by atoms with Gasteiger partial charge in [0.15, 0.2) is 0 Å². The zero-order valence-electron chi connectivity index (χ0n) is 16.7. The predicted molar refractivity (Wildman–Crippen MR) is 109 cm³/mol. The van der Waals surface area contributed by atoms with Gasteiger partial charge in [0.05, 0.1) is 19.2 Å². The van der Waals surface area contributed by atoms with Gasteiger partial charge in [-0.2, -0.15) is 0 Å². The number of methoxy groups -OCH3 is 1. The van der Waals surface area contributed by atoms with E-state index in [0.29, 0.717) is 35.7 Å². The summed E-state index contributed by atoms with van der Waals surface area (Å²) in [6.45, 7) is 3.27. The van der Waals surface area contributed by atoms with Crippen LogP contribution in [0.15, 0.2) is 54.5 Å². The van der Waals surface area contributed by atoms with E-state index in [1.807, 2.05) is 35.2 Å². The third kappa shape index (κ3) is 3.61. The fourth-order valence-corrected chi connectivity index (χ4v) is 3.80. The van der Waals surface area contributed by atoms with Crippen molar-refractivity contribution < 1.29 is 14.3 Å². The fourth-order valence-electron chi connectivity index (χ4n) is 3.80. The zero-order chi connectivity index (χ0) is 20.4. The quantitative estimate of drug-likeness (QED) is 0.721. The number of ether oxygens (including phenoxy) is 1. The van der Waals surface area contributed by atoms with Gasteiger partial charge < -0.3 is 14.5 Å². The smallest absolute Gasteiger partial charge is 0.278 e. The van der Waals surface area contributed by atoms with Gasteiger partial charge in [-0.15, -0.1) is 0 Å². The van der Waals surface area contributed by atoms with Crippen LogP contribution in [0.4, 0.5) is 0 Å². The Balaban J connectivity index is 1.77. The van der Waals surface area contributed by atoms with Gasteiger partial charge in [0, 0.05) is 44.1 Å². The lowest BCUT2D eigenvalue weighted by Gasteiger charge is -2.34. The summed E-state index contributed by atoms with van der Waals surface area (Å²) in [7, 11) is 3.63. The van der Waals surface area contributed by atoms with Crippen molar-refractivity contribution in [2.24, 2.45) is 0 Å². The molecule has 0 saturated carbocycles. The van der Waals surface area contributed by atoms with E-state index in [9.17, 15) is 9.59 Å². The van der Waals surface area contributed by atoms with Gasteiger partial charge in [-0.1, -0.05) is 24.3 Å². The van der Waals surface area contributed by atoms with E-state index in [-0.39, 0.29) is 18.4 Å². The SMILES string of the molecule is COc1ccccc1C1=C(N2CCN(C)CC2)C(=O)N(Cc2cccnc2)C1=O. The van der Waals surface area contributed by atoms with Crippen molar-refractivity contribution >= 4 is 17.4 Å². The van der Waals surface area contributed by atoms with E-state index < -0.39 is 0 Å². The first-order valence-corrected chi connectivity index (χ1v) is 9.66. The average molecular weight is 392 g/mol. The number of carbonyl (C=O) groups excluding carboxylic acids is 2. The average Bonchev–Trinajstić information content (AvgIpc) is 2.99. The maximum Gasteiger partial charge on any atom is 0.278 e. The van der Waals surface area contributed by atoms with Gasteiger partial charge in [0.2, 0.25) is 0 Å². The van der Waals surface area contributed by atoms with Crippen LogP contribution in [0.3, 0.4) is 0 Å². The number of nitrogens with zero attached hydrogens (tertiary/aromatic N) is 4. The monoisotopic (exact) mass is 392 g/mol. The van der Waals surface area contributed by atoms with E-state index >= 15 is 0 Å². The second-order valence-corrected chi connectivity index (χ2v) is 7.27. The highest BCUT2D eigenvalue weighted by molar-refractivity contribution is 6.35.